The van der Waals surface area contributed by atoms with Crippen LogP contribution in [-0.4, -0.2) is 28.3 Å². The number of urea groups is 1. The van der Waals surface area contributed by atoms with Gasteiger partial charge in [0, 0.05) is 59.3 Å². The van der Waals surface area contributed by atoms with Gasteiger partial charge in [-0.05, 0) is 36.6 Å². The fourth-order valence-electron chi connectivity index (χ4n) is 3.58. The molecule has 0 atom stereocenters. The summed E-state index contributed by atoms with van der Waals surface area (Å²) in [4.78, 5) is 15.8. The van der Waals surface area contributed by atoms with Crippen LogP contribution < -0.4 is 5.32 Å². The Hall–Kier alpha value is -2.40. The van der Waals surface area contributed by atoms with E-state index in [4.69, 9.17) is 0 Å². The number of carbonyl (C=O) groups excluding carboxylic acids is 1. The van der Waals surface area contributed by atoms with Crippen molar-refractivity contribution in [2.75, 3.05) is 18.1 Å². The Morgan fingerprint density at radius 2 is 1.88 bits per heavy atom. The maximum Gasteiger partial charge on any atom is 0.322 e. The number of anilines is 1. The summed E-state index contributed by atoms with van der Waals surface area (Å²) in [5.41, 5.74) is 4.70. The zero-order valence-electron chi connectivity index (χ0n) is 14.5. The molecule has 2 heterocycles. The molecule has 1 N–H and O–H groups in total. The van der Waals surface area contributed by atoms with E-state index in [0.29, 0.717) is 6.54 Å². The molecule has 0 saturated heterocycles. The Morgan fingerprint density at radius 1 is 1.12 bits per heavy atom. The third-order valence-electron chi connectivity index (χ3n) is 4.94. The Morgan fingerprint density at radius 3 is 2.64 bits per heavy atom. The predicted molar refractivity (Wildman–Crippen MR) is 104 cm³/mol. The zero-order chi connectivity index (χ0) is 17.4. The normalized spacial score (nSPS) is 13.8. The van der Waals surface area contributed by atoms with Crippen molar-refractivity contribution in [1.29, 1.82) is 0 Å². The van der Waals surface area contributed by atoms with E-state index in [0.717, 1.165) is 18.7 Å². The minimum absolute atomic E-state index is 0.0320. The second kappa shape index (κ2) is 6.48. The molecule has 128 valence electrons. The summed E-state index contributed by atoms with van der Waals surface area (Å²) in [6.07, 6.45) is 2.93. The van der Waals surface area contributed by atoms with Crippen molar-refractivity contribution in [3.63, 3.8) is 0 Å². The lowest BCUT2D eigenvalue weighted by molar-refractivity contribution is 0.206. The number of hydrogen-bond acceptors (Lipinski definition) is 2. The van der Waals surface area contributed by atoms with Crippen molar-refractivity contribution in [2.24, 2.45) is 7.05 Å². The van der Waals surface area contributed by atoms with E-state index >= 15 is 0 Å². The first-order valence-corrected chi connectivity index (χ1v) is 9.65. The number of thioether (sulfide) groups is 1. The van der Waals surface area contributed by atoms with Gasteiger partial charge in [0.25, 0.3) is 0 Å². The molecule has 0 radical (unpaired) electrons. The first kappa shape index (κ1) is 16.1. The van der Waals surface area contributed by atoms with Gasteiger partial charge in [-0.3, -0.25) is 0 Å². The average Bonchev–Trinajstić information content (AvgIpc) is 2.95. The molecule has 0 spiro atoms. The number of aryl methyl sites for hydroxylation is 1. The summed E-state index contributed by atoms with van der Waals surface area (Å²) in [5, 5.41) is 4.27. The van der Waals surface area contributed by atoms with Crippen molar-refractivity contribution < 1.29 is 4.79 Å². The molecule has 1 aliphatic rings. The van der Waals surface area contributed by atoms with Gasteiger partial charge in [-0.25, -0.2) is 4.79 Å². The summed E-state index contributed by atoms with van der Waals surface area (Å²) in [5.74, 6) is 0. The van der Waals surface area contributed by atoms with Gasteiger partial charge in [-0.2, -0.15) is 0 Å². The van der Waals surface area contributed by atoms with E-state index in [1.54, 1.807) is 11.8 Å². The Labute approximate surface area is 151 Å². The smallest absolute Gasteiger partial charge is 0.322 e. The van der Waals surface area contributed by atoms with E-state index in [9.17, 15) is 4.79 Å². The molecule has 1 aromatic heterocycles. The third kappa shape index (κ3) is 2.89. The quantitative estimate of drug-likeness (QED) is 0.691. The van der Waals surface area contributed by atoms with Gasteiger partial charge in [0.1, 0.15) is 0 Å². The minimum atomic E-state index is -0.0320. The molecular weight excluding hydrogens is 330 g/mol. The van der Waals surface area contributed by atoms with E-state index in [1.165, 1.54) is 27.1 Å². The van der Waals surface area contributed by atoms with E-state index in [2.05, 4.69) is 41.2 Å². The maximum atomic E-state index is 12.7. The molecule has 0 saturated carbocycles. The van der Waals surface area contributed by atoms with E-state index in [-0.39, 0.29) is 6.03 Å². The van der Waals surface area contributed by atoms with Crippen molar-refractivity contribution in [3.05, 3.63) is 59.8 Å². The van der Waals surface area contributed by atoms with Crippen LogP contribution in [0, 0.1) is 0 Å². The second-order valence-electron chi connectivity index (χ2n) is 6.33. The zero-order valence-corrected chi connectivity index (χ0v) is 15.3. The number of para-hydroxylation sites is 1. The lowest BCUT2D eigenvalue weighted by Gasteiger charge is -2.28. The van der Waals surface area contributed by atoms with Crippen LogP contribution in [0.15, 0.2) is 53.4 Å². The Balaban J connectivity index is 1.55. The molecule has 0 fully saturated rings. The lowest BCUT2D eigenvalue weighted by Crippen LogP contribution is -2.39. The fourth-order valence-corrected chi connectivity index (χ4v) is 3.99. The van der Waals surface area contributed by atoms with Crippen LogP contribution in [-0.2, 0) is 20.0 Å². The highest BCUT2D eigenvalue weighted by Crippen LogP contribution is 2.30. The highest BCUT2D eigenvalue weighted by molar-refractivity contribution is 7.98. The number of fused-ring (bicyclic) bond motifs is 3. The summed E-state index contributed by atoms with van der Waals surface area (Å²) < 4.78 is 2.26. The SMILES string of the molecule is CSc1ccc(NC(=O)N2CCc3c(c4ccccc4n3C)C2)cc1. The van der Waals surface area contributed by atoms with Crippen LogP contribution in [0.3, 0.4) is 0 Å². The number of amides is 2. The molecule has 2 aromatic carbocycles. The van der Waals surface area contributed by atoms with E-state index < -0.39 is 0 Å². The highest BCUT2D eigenvalue weighted by Gasteiger charge is 2.25. The molecule has 0 unspecified atom stereocenters. The molecule has 3 aromatic rings. The fraction of sp³-hybridized carbons (Fsp3) is 0.250. The number of benzene rings is 2. The maximum absolute atomic E-state index is 12.7. The van der Waals surface area contributed by atoms with Crippen molar-refractivity contribution in [2.45, 2.75) is 17.9 Å². The first-order chi connectivity index (χ1) is 12.2. The lowest BCUT2D eigenvalue weighted by atomic mass is 10.0. The largest absolute Gasteiger partial charge is 0.347 e. The van der Waals surface area contributed by atoms with Crippen molar-refractivity contribution >= 4 is 34.4 Å². The summed E-state index contributed by atoms with van der Waals surface area (Å²) in [6.45, 7) is 1.40. The van der Waals surface area contributed by atoms with Crippen LogP contribution in [0.1, 0.15) is 11.3 Å². The third-order valence-corrected chi connectivity index (χ3v) is 5.68. The Bertz CT molecular complexity index is 930. The van der Waals surface area contributed by atoms with Gasteiger partial charge in [0.15, 0.2) is 0 Å². The molecule has 1 aliphatic heterocycles. The van der Waals surface area contributed by atoms with Crippen molar-refractivity contribution in [1.82, 2.24) is 9.47 Å². The minimum Gasteiger partial charge on any atom is -0.347 e. The average molecular weight is 351 g/mol. The van der Waals surface area contributed by atoms with Crippen LogP contribution in [0.4, 0.5) is 10.5 Å². The number of nitrogens with one attached hydrogen (secondary N) is 1. The van der Waals surface area contributed by atoms with Crippen LogP contribution in [0.25, 0.3) is 10.9 Å². The standard InChI is InChI=1S/C20H21N3OS/c1-22-18-6-4-3-5-16(18)17-13-23(12-11-19(17)22)20(24)21-14-7-9-15(25-2)10-8-14/h3-10H,11-13H2,1-2H3,(H,21,24). The van der Waals surface area contributed by atoms with Gasteiger partial charge < -0.3 is 14.8 Å². The highest BCUT2D eigenvalue weighted by atomic mass is 32.2. The van der Waals surface area contributed by atoms with Crippen LogP contribution in [0.5, 0.6) is 0 Å². The molecule has 25 heavy (non-hydrogen) atoms. The van der Waals surface area contributed by atoms with Crippen LogP contribution >= 0.6 is 11.8 Å². The number of aromatic nitrogens is 1. The second-order valence-corrected chi connectivity index (χ2v) is 7.21. The molecule has 5 heteroatoms. The van der Waals surface area contributed by atoms with Crippen molar-refractivity contribution in [3.8, 4) is 0 Å². The predicted octanol–water partition coefficient (Wildman–Crippen LogP) is 4.49. The molecule has 0 aliphatic carbocycles. The van der Waals surface area contributed by atoms with Gasteiger partial charge in [0.05, 0.1) is 0 Å². The molecule has 2 amide bonds. The van der Waals surface area contributed by atoms with E-state index in [1.807, 2.05) is 35.4 Å². The first-order valence-electron chi connectivity index (χ1n) is 8.42. The molecule has 4 nitrogen and oxygen atoms in total. The van der Waals surface area contributed by atoms with Gasteiger partial charge in [-0.1, -0.05) is 18.2 Å². The number of carbonyl (C=O) groups is 1. The molecule has 0 bridgehead atoms. The summed E-state index contributed by atoms with van der Waals surface area (Å²) in [6, 6.07) is 16.4. The molecular formula is C20H21N3OS. The van der Waals surface area contributed by atoms with Gasteiger partial charge in [0.2, 0.25) is 0 Å². The number of nitrogens with zero attached hydrogens (tertiary/aromatic N) is 2. The van der Waals surface area contributed by atoms with Gasteiger partial charge >= 0.3 is 6.03 Å². The summed E-state index contributed by atoms with van der Waals surface area (Å²) in [7, 11) is 2.12. The number of hydrogen-bond donors (Lipinski definition) is 1. The van der Waals surface area contributed by atoms with Crippen LogP contribution in [0.2, 0.25) is 0 Å². The monoisotopic (exact) mass is 351 g/mol. The summed E-state index contributed by atoms with van der Waals surface area (Å²) >= 11 is 1.69. The Kier molecular flexibility index (Phi) is 4.17. The van der Waals surface area contributed by atoms with Gasteiger partial charge in [-0.15, -0.1) is 11.8 Å². The number of rotatable bonds is 2. The molecule has 4 rings (SSSR count). The topological polar surface area (TPSA) is 37.3 Å².